The van der Waals surface area contributed by atoms with Crippen LogP contribution in [0.4, 0.5) is 0 Å². The van der Waals surface area contributed by atoms with Gasteiger partial charge in [-0.05, 0) is 6.92 Å². The number of terminal acetylenes is 1. The summed E-state index contributed by atoms with van der Waals surface area (Å²) in [5.74, 6) is 2.40. The van der Waals surface area contributed by atoms with Crippen molar-refractivity contribution in [2.75, 3.05) is 0 Å². The number of rotatable bonds is 1. The van der Waals surface area contributed by atoms with Crippen molar-refractivity contribution >= 4 is 22.6 Å². The lowest BCUT2D eigenvalue weighted by Gasteiger charge is -2.02. The third kappa shape index (κ3) is 2.89. The van der Waals surface area contributed by atoms with E-state index in [4.69, 9.17) is 11.5 Å². The van der Waals surface area contributed by atoms with Crippen LogP contribution in [0.5, 0.6) is 0 Å². The number of hydrogen-bond acceptors (Lipinski definition) is 1. The van der Waals surface area contributed by atoms with Crippen LogP contribution in [0.1, 0.15) is 6.92 Å². The third-order valence-corrected chi connectivity index (χ3v) is 1.98. The summed E-state index contributed by atoms with van der Waals surface area (Å²) < 4.78 is -0.0439. The highest BCUT2D eigenvalue weighted by Crippen LogP contribution is 2.02. The topological polar surface area (TPSA) is 20.2 Å². The van der Waals surface area contributed by atoms with Gasteiger partial charge in [0.05, 0.1) is 10.0 Å². The molecule has 0 saturated carbocycles. The summed E-state index contributed by atoms with van der Waals surface area (Å²) in [7, 11) is 0. The number of hydrogen-bond donors (Lipinski definition) is 1. The molecule has 0 heterocycles. The Hall–Kier alpha value is 0.250. The lowest BCUT2D eigenvalue weighted by atomic mass is 10.3. The first kappa shape index (κ1) is 7.25. The van der Waals surface area contributed by atoms with Crippen molar-refractivity contribution in [1.82, 2.24) is 0 Å². The molecular formula is C5H7IO. The summed E-state index contributed by atoms with van der Waals surface area (Å²) in [4.78, 5) is 0. The molecule has 1 nitrogen and oxygen atoms in total. The molecule has 7 heavy (non-hydrogen) atoms. The van der Waals surface area contributed by atoms with E-state index in [1.165, 1.54) is 0 Å². The van der Waals surface area contributed by atoms with Crippen LogP contribution in [0, 0.1) is 12.3 Å². The highest BCUT2D eigenvalue weighted by Gasteiger charge is 2.03. The molecule has 0 spiro atoms. The van der Waals surface area contributed by atoms with E-state index in [-0.39, 0.29) is 10.0 Å². The van der Waals surface area contributed by atoms with Crippen LogP contribution < -0.4 is 0 Å². The van der Waals surface area contributed by atoms with Crippen LogP contribution >= 0.6 is 22.6 Å². The SMILES string of the molecule is C#CC(I)C(C)O. The van der Waals surface area contributed by atoms with Gasteiger partial charge in [-0.1, -0.05) is 28.5 Å². The van der Waals surface area contributed by atoms with Gasteiger partial charge in [0.25, 0.3) is 0 Å². The molecule has 0 aliphatic heterocycles. The van der Waals surface area contributed by atoms with E-state index in [2.05, 4.69) is 5.92 Å². The summed E-state index contributed by atoms with van der Waals surface area (Å²) in [6, 6.07) is 0. The number of aliphatic hydroxyl groups is 1. The summed E-state index contributed by atoms with van der Waals surface area (Å²) in [5, 5.41) is 8.67. The lowest BCUT2D eigenvalue weighted by Crippen LogP contribution is -2.12. The Balaban J connectivity index is 3.40. The number of alkyl halides is 1. The standard InChI is InChI=1S/C5H7IO/c1-3-5(6)4(2)7/h1,4-5,7H,2H3. The normalized spacial score (nSPS) is 17.4. The van der Waals surface area contributed by atoms with Crippen molar-refractivity contribution in [3.05, 3.63) is 0 Å². The lowest BCUT2D eigenvalue weighted by molar-refractivity contribution is 0.209. The molecule has 0 aromatic rings. The molecule has 0 fully saturated rings. The molecular weight excluding hydrogens is 203 g/mol. The largest absolute Gasteiger partial charge is 0.391 e. The summed E-state index contributed by atoms with van der Waals surface area (Å²) in [6.07, 6.45) is 4.57. The second-order valence-electron chi connectivity index (χ2n) is 1.31. The van der Waals surface area contributed by atoms with Gasteiger partial charge in [0, 0.05) is 0 Å². The van der Waals surface area contributed by atoms with E-state index in [0.29, 0.717) is 0 Å². The van der Waals surface area contributed by atoms with Gasteiger partial charge in [0.2, 0.25) is 0 Å². The van der Waals surface area contributed by atoms with E-state index in [0.717, 1.165) is 0 Å². The molecule has 2 unspecified atom stereocenters. The Morgan fingerprint density at radius 1 is 1.86 bits per heavy atom. The maximum atomic E-state index is 8.67. The van der Waals surface area contributed by atoms with Crippen molar-refractivity contribution in [1.29, 1.82) is 0 Å². The van der Waals surface area contributed by atoms with Gasteiger partial charge in [-0.2, -0.15) is 0 Å². The fourth-order valence-corrected chi connectivity index (χ4v) is 0.139. The molecule has 0 aromatic carbocycles. The van der Waals surface area contributed by atoms with Crippen LogP contribution in [-0.4, -0.2) is 15.1 Å². The van der Waals surface area contributed by atoms with Gasteiger partial charge in [-0.15, -0.1) is 6.42 Å². The van der Waals surface area contributed by atoms with Crippen LogP contribution in [0.15, 0.2) is 0 Å². The minimum absolute atomic E-state index is 0.0439. The second-order valence-corrected chi connectivity index (χ2v) is 2.65. The molecule has 0 saturated heterocycles. The first-order valence-corrected chi connectivity index (χ1v) is 3.21. The molecule has 2 heteroatoms. The highest BCUT2D eigenvalue weighted by molar-refractivity contribution is 14.1. The second kappa shape index (κ2) is 3.28. The van der Waals surface area contributed by atoms with Gasteiger partial charge >= 0.3 is 0 Å². The Kier molecular flexibility index (Phi) is 3.39. The maximum Gasteiger partial charge on any atom is 0.0971 e. The van der Waals surface area contributed by atoms with E-state index >= 15 is 0 Å². The highest BCUT2D eigenvalue weighted by atomic mass is 127. The third-order valence-electron chi connectivity index (χ3n) is 0.583. The molecule has 0 aliphatic carbocycles. The molecule has 0 radical (unpaired) electrons. The quantitative estimate of drug-likeness (QED) is 0.385. The molecule has 0 aromatic heterocycles. The van der Waals surface area contributed by atoms with E-state index in [1.807, 2.05) is 22.6 Å². The minimum atomic E-state index is -0.384. The minimum Gasteiger partial charge on any atom is -0.391 e. The zero-order chi connectivity index (χ0) is 5.86. The molecule has 0 amide bonds. The monoisotopic (exact) mass is 210 g/mol. The molecule has 0 bridgehead atoms. The van der Waals surface area contributed by atoms with Crippen molar-refractivity contribution in [2.45, 2.75) is 17.0 Å². The van der Waals surface area contributed by atoms with Crippen molar-refractivity contribution in [3.8, 4) is 12.3 Å². The zero-order valence-corrected chi connectivity index (χ0v) is 6.21. The first-order chi connectivity index (χ1) is 3.18. The van der Waals surface area contributed by atoms with Gasteiger partial charge in [0.15, 0.2) is 0 Å². The predicted molar refractivity (Wildman–Crippen MR) is 38.3 cm³/mol. The average molecular weight is 210 g/mol. The van der Waals surface area contributed by atoms with Crippen LogP contribution in [-0.2, 0) is 0 Å². The van der Waals surface area contributed by atoms with E-state index < -0.39 is 0 Å². The number of halogens is 1. The zero-order valence-electron chi connectivity index (χ0n) is 4.06. The van der Waals surface area contributed by atoms with Gasteiger partial charge < -0.3 is 5.11 Å². The summed E-state index contributed by atoms with van der Waals surface area (Å²) in [6.45, 7) is 1.68. The van der Waals surface area contributed by atoms with Crippen LogP contribution in [0.2, 0.25) is 0 Å². The van der Waals surface area contributed by atoms with Crippen molar-refractivity contribution in [2.24, 2.45) is 0 Å². The Morgan fingerprint density at radius 3 is 2.29 bits per heavy atom. The number of aliphatic hydroxyl groups excluding tert-OH is 1. The first-order valence-electron chi connectivity index (χ1n) is 1.96. The smallest absolute Gasteiger partial charge is 0.0971 e. The summed E-state index contributed by atoms with van der Waals surface area (Å²) >= 11 is 2.01. The van der Waals surface area contributed by atoms with Crippen molar-refractivity contribution in [3.63, 3.8) is 0 Å². The Bertz CT molecular complexity index is 82.6. The molecule has 0 aliphatic rings. The fraction of sp³-hybridized carbons (Fsp3) is 0.600. The molecule has 1 N–H and O–H groups in total. The van der Waals surface area contributed by atoms with E-state index in [1.54, 1.807) is 6.92 Å². The molecule has 2 atom stereocenters. The fourth-order valence-electron chi connectivity index (χ4n) is 0.139. The summed E-state index contributed by atoms with van der Waals surface area (Å²) in [5.41, 5.74) is 0. The van der Waals surface area contributed by atoms with E-state index in [9.17, 15) is 0 Å². The Morgan fingerprint density at radius 2 is 2.29 bits per heavy atom. The van der Waals surface area contributed by atoms with Gasteiger partial charge in [-0.3, -0.25) is 0 Å². The van der Waals surface area contributed by atoms with Gasteiger partial charge in [0.1, 0.15) is 0 Å². The van der Waals surface area contributed by atoms with Crippen LogP contribution in [0.3, 0.4) is 0 Å². The predicted octanol–water partition coefficient (Wildman–Crippen LogP) is 0.804. The molecule has 40 valence electrons. The van der Waals surface area contributed by atoms with Gasteiger partial charge in [-0.25, -0.2) is 0 Å². The Labute approximate surface area is 57.3 Å². The maximum absolute atomic E-state index is 8.67. The van der Waals surface area contributed by atoms with Crippen molar-refractivity contribution < 1.29 is 5.11 Å². The average Bonchev–Trinajstić information content (AvgIpc) is 1.65. The molecule has 0 rings (SSSR count). The van der Waals surface area contributed by atoms with Crippen LogP contribution in [0.25, 0.3) is 0 Å².